The molecule has 0 heterocycles. The number of hydrogen-bond acceptors (Lipinski definition) is 1. The highest BCUT2D eigenvalue weighted by atomic mass is 31.2. The average molecular weight is 469 g/mol. The Bertz CT molecular complexity index is 1050. The van der Waals surface area contributed by atoms with Gasteiger partial charge in [0, 0.05) is 7.05 Å². The summed E-state index contributed by atoms with van der Waals surface area (Å²) in [6.45, 7) is 0. The third kappa shape index (κ3) is 4.31. The molecule has 1 aliphatic rings. The van der Waals surface area contributed by atoms with Gasteiger partial charge in [0.1, 0.15) is 10.6 Å². The zero-order valence-corrected chi connectivity index (χ0v) is 21.1. The number of nitrogens with zero attached hydrogens (tertiary/aromatic N) is 1. The smallest absolute Gasteiger partial charge is 0.145 e. The van der Waals surface area contributed by atoms with E-state index in [1.165, 1.54) is 46.9 Å². The zero-order chi connectivity index (χ0) is 22.5. The van der Waals surface area contributed by atoms with Crippen LogP contribution in [-0.2, 0) is 0 Å². The van der Waals surface area contributed by atoms with E-state index >= 15 is 0 Å². The second-order valence-electron chi connectivity index (χ2n) is 8.77. The van der Waals surface area contributed by atoms with Crippen LogP contribution >= 0.6 is 15.5 Å². The first kappa shape index (κ1) is 22.5. The lowest BCUT2D eigenvalue weighted by Gasteiger charge is -2.42. The fourth-order valence-electron chi connectivity index (χ4n) is 5.49. The van der Waals surface area contributed by atoms with Crippen LogP contribution in [0.5, 0.6) is 0 Å². The molecular weight excluding hydrogens is 436 g/mol. The van der Waals surface area contributed by atoms with Crippen LogP contribution in [0.15, 0.2) is 121 Å². The highest BCUT2D eigenvalue weighted by Crippen LogP contribution is 2.72. The van der Waals surface area contributed by atoms with Crippen LogP contribution in [0.2, 0.25) is 0 Å². The molecule has 0 bridgehead atoms. The molecule has 5 rings (SSSR count). The second-order valence-corrected chi connectivity index (χ2v) is 15.1. The van der Waals surface area contributed by atoms with Gasteiger partial charge in [-0.25, -0.2) is 0 Å². The van der Waals surface area contributed by atoms with Crippen LogP contribution in [0, 0.1) is 0 Å². The minimum atomic E-state index is -1.86. The highest BCUT2D eigenvalue weighted by Gasteiger charge is 2.57. The monoisotopic (exact) mass is 468 g/mol. The molecule has 0 aromatic heterocycles. The molecule has 1 fully saturated rings. The SMILES string of the molecule is CN(P(c1ccccc1)c1ccccc1)[P+](c1ccccc1)(c1ccccc1)C1CCCC1. The maximum absolute atomic E-state index is 2.85. The van der Waals surface area contributed by atoms with Gasteiger partial charge in [0.05, 0.1) is 13.7 Å². The fraction of sp³-hybridized carbons (Fsp3) is 0.200. The summed E-state index contributed by atoms with van der Waals surface area (Å²) in [6, 6.07) is 45.3. The first-order valence-electron chi connectivity index (χ1n) is 12.0. The molecule has 1 nitrogen and oxygen atoms in total. The Morgan fingerprint density at radius 2 is 0.939 bits per heavy atom. The standard InChI is InChI=1S/C30H32NP2/c1-31(32(26-16-6-2-7-17-26)27-18-8-3-9-19-27)33(30-24-14-15-25-30,28-20-10-4-11-21-28)29-22-12-5-13-23-29/h2-13,16-23,30H,14-15,24-25H2,1H3/q+1. The number of hydrogen-bond donors (Lipinski definition) is 0. The topological polar surface area (TPSA) is 3.24 Å². The minimum Gasteiger partial charge on any atom is -0.145 e. The summed E-state index contributed by atoms with van der Waals surface area (Å²) in [4.78, 5) is 0. The summed E-state index contributed by atoms with van der Waals surface area (Å²) < 4.78 is 2.85. The van der Waals surface area contributed by atoms with Crippen molar-refractivity contribution in [1.82, 2.24) is 4.44 Å². The Morgan fingerprint density at radius 3 is 1.33 bits per heavy atom. The molecule has 0 unspecified atom stereocenters. The summed E-state index contributed by atoms with van der Waals surface area (Å²) in [5.74, 6) is 0. The van der Waals surface area contributed by atoms with Crippen molar-refractivity contribution in [1.29, 1.82) is 0 Å². The van der Waals surface area contributed by atoms with Gasteiger partial charge in [-0.2, -0.15) is 0 Å². The molecule has 33 heavy (non-hydrogen) atoms. The zero-order valence-electron chi connectivity index (χ0n) is 19.3. The molecule has 0 aliphatic heterocycles. The average Bonchev–Trinajstić information content (AvgIpc) is 3.43. The Morgan fingerprint density at radius 1 is 0.576 bits per heavy atom. The molecule has 0 radical (unpaired) electrons. The first-order chi connectivity index (χ1) is 16.3. The summed E-state index contributed by atoms with van der Waals surface area (Å²) in [5.41, 5.74) is 0.685. The largest absolute Gasteiger partial charge is 0.155 e. The van der Waals surface area contributed by atoms with Crippen LogP contribution in [0.4, 0.5) is 0 Å². The Hall–Kier alpha value is -2.30. The summed E-state index contributed by atoms with van der Waals surface area (Å²) in [6.07, 6.45) is 5.31. The van der Waals surface area contributed by atoms with Crippen molar-refractivity contribution in [3.05, 3.63) is 121 Å². The van der Waals surface area contributed by atoms with Crippen molar-refractivity contribution in [2.45, 2.75) is 31.3 Å². The van der Waals surface area contributed by atoms with Crippen LogP contribution in [-0.4, -0.2) is 17.1 Å². The van der Waals surface area contributed by atoms with Crippen molar-refractivity contribution < 1.29 is 0 Å². The van der Waals surface area contributed by atoms with Crippen molar-refractivity contribution in [2.75, 3.05) is 7.05 Å². The molecule has 3 heteroatoms. The minimum absolute atomic E-state index is 0.681. The maximum Gasteiger partial charge on any atom is 0.155 e. The molecule has 4 aromatic carbocycles. The molecule has 0 N–H and O–H groups in total. The summed E-state index contributed by atoms with van der Waals surface area (Å²) in [7, 11) is -0.117. The van der Waals surface area contributed by atoms with Gasteiger partial charge < -0.3 is 0 Å². The number of rotatable bonds is 7. The van der Waals surface area contributed by atoms with Gasteiger partial charge in [0.15, 0.2) is 7.41 Å². The Kier molecular flexibility index (Phi) is 7.03. The molecule has 0 saturated heterocycles. The Balaban J connectivity index is 1.78. The lowest BCUT2D eigenvalue weighted by Crippen LogP contribution is -2.41. The van der Waals surface area contributed by atoms with Gasteiger partial charge in [-0.05, 0) is 60.6 Å². The van der Waals surface area contributed by atoms with Gasteiger partial charge in [-0.15, -0.1) is 4.44 Å². The predicted octanol–water partition coefficient (Wildman–Crippen LogP) is 6.49. The molecule has 0 amide bonds. The highest BCUT2D eigenvalue weighted by molar-refractivity contribution is 7.95. The molecule has 4 aromatic rings. The number of benzene rings is 4. The van der Waals surface area contributed by atoms with E-state index in [1.54, 1.807) is 0 Å². The second kappa shape index (κ2) is 10.3. The van der Waals surface area contributed by atoms with Crippen molar-refractivity contribution >= 4 is 36.7 Å². The van der Waals surface area contributed by atoms with E-state index in [9.17, 15) is 0 Å². The lowest BCUT2D eigenvalue weighted by atomic mass is 10.3. The van der Waals surface area contributed by atoms with Crippen molar-refractivity contribution in [3.63, 3.8) is 0 Å². The van der Waals surface area contributed by atoms with Crippen molar-refractivity contribution in [2.24, 2.45) is 0 Å². The first-order valence-corrected chi connectivity index (χ1v) is 15.1. The van der Waals surface area contributed by atoms with Gasteiger partial charge in [0.25, 0.3) is 0 Å². The van der Waals surface area contributed by atoms with E-state index in [-0.39, 0.29) is 0 Å². The molecule has 1 aliphatic carbocycles. The molecular formula is C30H32NP2+. The van der Waals surface area contributed by atoms with Crippen LogP contribution in [0.1, 0.15) is 25.7 Å². The van der Waals surface area contributed by atoms with E-state index < -0.39 is 15.5 Å². The van der Waals surface area contributed by atoms with Gasteiger partial charge >= 0.3 is 0 Å². The van der Waals surface area contributed by atoms with Crippen LogP contribution < -0.4 is 21.2 Å². The van der Waals surface area contributed by atoms with Gasteiger partial charge in [0.2, 0.25) is 0 Å². The van der Waals surface area contributed by atoms with E-state index in [0.717, 1.165) is 0 Å². The molecule has 166 valence electrons. The fourth-order valence-corrected chi connectivity index (χ4v) is 14.8. The summed E-state index contributed by atoms with van der Waals surface area (Å²) in [5, 5.41) is 5.89. The van der Waals surface area contributed by atoms with Crippen molar-refractivity contribution in [3.8, 4) is 0 Å². The van der Waals surface area contributed by atoms with Gasteiger partial charge in [-0.3, -0.25) is 0 Å². The molecule has 0 spiro atoms. The third-order valence-electron chi connectivity index (χ3n) is 6.90. The van der Waals surface area contributed by atoms with E-state index in [0.29, 0.717) is 5.66 Å². The maximum atomic E-state index is 2.85. The normalized spacial score (nSPS) is 14.8. The third-order valence-corrected chi connectivity index (χ3v) is 15.1. The van der Waals surface area contributed by atoms with E-state index in [4.69, 9.17) is 0 Å². The Labute approximate surface area is 200 Å². The van der Waals surface area contributed by atoms with E-state index in [2.05, 4.69) is 133 Å². The van der Waals surface area contributed by atoms with Crippen LogP contribution in [0.3, 0.4) is 0 Å². The molecule has 0 atom stereocenters. The lowest BCUT2D eigenvalue weighted by molar-refractivity contribution is 0.805. The summed E-state index contributed by atoms with van der Waals surface area (Å²) >= 11 is 0. The predicted molar refractivity (Wildman–Crippen MR) is 148 cm³/mol. The van der Waals surface area contributed by atoms with E-state index in [1.807, 2.05) is 0 Å². The van der Waals surface area contributed by atoms with Gasteiger partial charge in [-0.1, -0.05) is 97.1 Å². The quantitative estimate of drug-likeness (QED) is 0.280. The van der Waals surface area contributed by atoms with Crippen LogP contribution in [0.25, 0.3) is 0 Å². The molecule has 1 saturated carbocycles.